The summed E-state index contributed by atoms with van der Waals surface area (Å²) in [5, 5.41) is 5.07. The predicted octanol–water partition coefficient (Wildman–Crippen LogP) is 1.01. The van der Waals surface area contributed by atoms with Gasteiger partial charge in [-0.25, -0.2) is 4.79 Å². The number of carbonyl (C=O) groups is 2. The second-order valence-corrected chi connectivity index (χ2v) is 3.80. The highest BCUT2D eigenvalue weighted by atomic mass is 16.5. The van der Waals surface area contributed by atoms with E-state index in [1.165, 1.54) is 0 Å². The van der Waals surface area contributed by atoms with E-state index in [-0.39, 0.29) is 6.54 Å². The molecule has 0 spiro atoms. The summed E-state index contributed by atoms with van der Waals surface area (Å²) in [6.45, 7) is 4.24. The average molecular weight is 265 g/mol. The van der Waals surface area contributed by atoms with Crippen molar-refractivity contribution in [3.8, 4) is 0 Å². The minimum Gasteiger partial charge on any atom is -0.465 e. The van der Waals surface area contributed by atoms with Crippen LogP contribution < -0.4 is 10.6 Å². The SMILES string of the molecule is CCOC(=O)CNC(=O)NCc1ncccc1CC. The van der Waals surface area contributed by atoms with Crippen LogP contribution in [0.2, 0.25) is 0 Å². The van der Waals surface area contributed by atoms with E-state index >= 15 is 0 Å². The Morgan fingerprint density at radius 1 is 1.32 bits per heavy atom. The Morgan fingerprint density at radius 2 is 2.11 bits per heavy atom. The van der Waals surface area contributed by atoms with E-state index in [0.29, 0.717) is 13.2 Å². The molecule has 0 saturated heterocycles. The van der Waals surface area contributed by atoms with Crippen molar-refractivity contribution in [2.24, 2.45) is 0 Å². The number of pyridine rings is 1. The summed E-state index contributed by atoms with van der Waals surface area (Å²) in [6, 6.07) is 3.42. The van der Waals surface area contributed by atoms with Gasteiger partial charge in [0.25, 0.3) is 0 Å². The molecule has 104 valence electrons. The van der Waals surface area contributed by atoms with Gasteiger partial charge >= 0.3 is 12.0 Å². The van der Waals surface area contributed by atoms with E-state index in [9.17, 15) is 9.59 Å². The van der Waals surface area contributed by atoms with Gasteiger partial charge in [-0.15, -0.1) is 0 Å². The largest absolute Gasteiger partial charge is 0.465 e. The molecule has 1 aromatic heterocycles. The quantitative estimate of drug-likeness (QED) is 0.752. The fourth-order valence-corrected chi connectivity index (χ4v) is 1.54. The minimum atomic E-state index is -0.454. The van der Waals surface area contributed by atoms with Crippen molar-refractivity contribution >= 4 is 12.0 Å². The second kappa shape index (κ2) is 8.07. The molecule has 6 nitrogen and oxygen atoms in total. The normalized spacial score (nSPS) is 9.79. The van der Waals surface area contributed by atoms with Crippen LogP contribution in [-0.2, 0) is 22.5 Å². The van der Waals surface area contributed by atoms with Crippen LogP contribution in [0.15, 0.2) is 18.3 Å². The van der Waals surface area contributed by atoms with Crippen molar-refractivity contribution in [1.82, 2.24) is 15.6 Å². The number of hydrogen-bond donors (Lipinski definition) is 2. The zero-order valence-electron chi connectivity index (χ0n) is 11.2. The molecule has 0 aliphatic heterocycles. The molecule has 0 unspecified atom stereocenters. The summed E-state index contributed by atoms with van der Waals surface area (Å²) >= 11 is 0. The van der Waals surface area contributed by atoms with Crippen LogP contribution in [0.1, 0.15) is 25.1 Å². The lowest BCUT2D eigenvalue weighted by Crippen LogP contribution is -2.38. The third kappa shape index (κ3) is 5.37. The predicted molar refractivity (Wildman–Crippen MR) is 70.5 cm³/mol. The van der Waals surface area contributed by atoms with Crippen molar-refractivity contribution in [2.75, 3.05) is 13.2 Å². The van der Waals surface area contributed by atoms with Crippen LogP contribution in [0.3, 0.4) is 0 Å². The van der Waals surface area contributed by atoms with Crippen molar-refractivity contribution in [1.29, 1.82) is 0 Å². The number of urea groups is 1. The average Bonchev–Trinajstić information content (AvgIpc) is 2.43. The number of amides is 2. The number of rotatable bonds is 6. The molecule has 1 aromatic rings. The summed E-state index contributed by atoms with van der Waals surface area (Å²) < 4.78 is 4.70. The van der Waals surface area contributed by atoms with Gasteiger partial charge in [-0.1, -0.05) is 13.0 Å². The fourth-order valence-electron chi connectivity index (χ4n) is 1.54. The molecule has 2 N–H and O–H groups in total. The highest BCUT2D eigenvalue weighted by Gasteiger charge is 2.07. The molecule has 6 heteroatoms. The van der Waals surface area contributed by atoms with E-state index in [1.807, 2.05) is 19.1 Å². The number of carbonyl (C=O) groups excluding carboxylic acids is 2. The molecule has 2 amide bonds. The molecule has 0 atom stereocenters. The summed E-state index contributed by atoms with van der Waals surface area (Å²) in [4.78, 5) is 26.7. The van der Waals surface area contributed by atoms with E-state index in [2.05, 4.69) is 15.6 Å². The second-order valence-electron chi connectivity index (χ2n) is 3.80. The lowest BCUT2D eigenvalue weighted by Gasteiger charge is -2.09. The van der Waals surface area contributed by atoms with Gasteiger partial charge in [0.05, 0.1) is 18.8 Å². The van der Waals surface area contributed by atoms with Gasteiger partial charge in [0.15, 0.2) is 0 Å². The van der Waals surface area contributed by atoms with Gasteiger partial charge in [0.1, 0.15) is 6.54 Å². The number of ether oxygens (including phenoxy) is 1. The number of nitrogens with one attached hydrogen (secondary N) is 2. The minimum absolute atomic E-state index is 0.136. The standard InChI is InChI=1S/C13H19N3O3/c1-3-10-6-5-7-14-11(10)8-15-13(18)16-9-12(17)19-4-2/h5-7H,3-4,8-9H2,1-2H3,(H2,15,16,18). The summed E-state index contributed by atoms with van der Waals surface area (Å²) in [5.41, 5.74) is 1.92. The zero-order valence-corrected chi connectivity index (χ0v) is 11.2. The van der Waals surface area contributed by atoms with Crippen molar-refractivity contribution in [2.45, 2.75) is 26.8 Å². The molecule has 0 aliphatic carbocycles. The number of aryl methyl sites for hydroxylation is 1. The first kappa shape index (κ1) is 14.9. The van der Waals surface area contributed by atoms with Crippen LogP contribution in [0.5, 0.6) is 0 Å². The smallest absolute Gasteiger partial charge is 0.325 e. The molecule has 0 aromatic carbocycles. The highest BCUT2D eigenvalue weighted by Crippen LogP contribution is 2.05. The van der Waals surface area contributed by atoms with Crippen LogP contribution in [-0.4, -0.2) is 30.1 Å². The lowest BCUT2D eigenvalue weighted by molar-refractivity contribution is -0.141. The summed E-state index contributed by atoms with van der Waals surface area (Å²) in [6.07, 6.45) is 2.54. The first-order valence-electron chi connectivity index (χ1n) is 6.27. The van der Waals surface area contributed by atoms with E-state index < -0.39 is 12.0 Å². The van der Waals surface area contributed by atoms with Gasteiger partial charge in [-0.05, 0) is 25.0 Å². The van der Waals surface area contributed by atoms with Crippen LogP contribution in [0, 0.1) is 0 Å². The molecule has 0 saturated carbocycles. The van der Waals surface area contributed by atoms with Gasteiger partial charge in [-0.2, -0.15) is 0 Å². The molecule has 0 fully saturated rings. The Kier molecular flexibility index (Phi) is 6.35. The van der Waals surface area contributed by atoms with Crippen molar-refractivity contribution in [3.63, 3.8) is 0 Å². The monoisotopic (exact) mass is 265 g/mol. The van der Waals surface area contributed by atoms with Gasteiger partial charge in [0, 0.05) is 6.20 Å². The molecular weight excluding hydrogens is 246 g/mol. The van der Waals surface area contributed by atoms with Crippen molar-refractivity contribution < 1.29 is 14.3 Å². The molecule has 0 bridgehead atoms. The number of nitrogens with zero attached hydrogens (tertiary/aromatic N) is 1. The van der Waals surface area contributed by atoms with Gasteiger partial charge < -0.3 is 15.4 Å². The maximum atomic E-state index is 11.5. The molecule has 19 heavy (non-hydrogen) atoms. The maximum Gasteiger partial charge on any atom is 0.325 e. The topological polar surface area (TPSA) is 80.3 Å². The van der Waals surface area contributed by atoms with E-state index in [1.54, 1.807) is 13.1 Å². The van der Waals surface area contributed by atoms with Crippen molar-refractivity contribution in [3.05, 3.63) is 29.6 Å². The Hall–Kier alpha value is -2.11. The summed E-state index contributed by atoms with van der Waals surface area (Å²) in [5.74, 6) is -0.454. The Morgan fingerprint density at radius 3 is 2.79 bits per heavy atom. The first-order valence-corrected chi connectivity index (χ1v) is 6.27. The fraction of sp³-hybridized carbons (Fsp3) is 0.462. The molecular formula is C13H19N3O3. The molecule has 1 rings (SSSR count). The number of esters is 1. The highest BCUT2D eigenvalue weighted by molar-refractivity contribution is 5.80. The van der Waals surface area contributed by atoms with E-state index in [0.717, 1.165) is 17.7 Å². The molecule has 0 radical (unpaired) electrons. The zero-order chi connectivity index (χ0) is 14.1. The van der Waals surface area contributed by atoms with Gasteiger partial charge in [0.2, 0.25) is 0 Å². The molecule has 1 heterocycles. The Labute approximate surface area is 112 Å². The third-order valence-corrected chi connectivity index (χ3v) is 2.48. The van der Waals surface area contributed by atoms with Gasteiger partial charge in [-0.3, -0.25) is 9.78 Å². The number of hydrogen-bond acceptors (Lipinski definition) is 4. The Bertz CT molecular complexity index is 435. The number of aromatic nitrogens is 1. The summed E-state index contributed by atoms with van der Waals surface area (Å²) in [7, 11) is 0. The lowest BCUT2D eigenvalue weighted by atomic mass is 10.1. The van der Waals surface area contributed by atoms with Crippen LogP contribution in [0.4, 0.5) is 4.79 Å². The van der Waals surface area contributed by atoms with Crippen LogP contribution in [0.25, 0.3) is 0 Å². The molecule has 0 aliphatic rings. The Balaban J connectivity index is 2.35. The van der Waals surface area contributed by atoms with Crippen LogP contribution >= 0.6 is 0 Å². The first-order chi connectivity index (χ1) is 9.17. The maximum absolute atomic E-state index is 11.5. The van der Waals surface area contributed by atoms with E-state index in [4.69, 9.17) is 4.74 Å². The third-order valence-electron chi connectivity index (χ3n) is 2.48.